The van der Waals surface area contributed by atoms with E-state index in [9.17, 15) is 9.59 Å². The summed E-state index contributed by atoms with van der Waals surface area (Å²) in [5.41, 5.74) is 1.66. The van der Waals surface area contributed by atoms with E-state index in [0.717, 1.165) is 11.3 Å². The molecule has 1 aromatic rings. The number of ether oxygens (including phenoxy) is 1. The third-order valence-corrected chi connectivity index (χ3v) is 3.00. The van der Waals surface area contributed by atoms with Gasteiger partial charge in [0.25, 0.3) is 0 Å². The number of rotatable bonds is 2. The van der Waals surface area contributed by atoms with E-state index in [1.807, 2.05) is 24.3 Å². The fourth-order valence-corrected chi connectivity index (χ4v) is 2.10. The quantitative estimate of drug-likeness (QED) is 0.730. The molecule has 0 N–H and O–H groups in total. The molecule has 0 fully saturated rings. The molecule has 0 radical (unpaired) electrons. The smallest absolute Gasteiger partial charge is 0.314 e. The highest BCUT2D eigenvalue weighted by atomic mass is 16.5. The lowest BCUT2D eigenvalue weighted by molar-refractivity contribution is -0.146. The van der Waals surface area contributed by atoms with Gasteiger partial charge in [0.1, 0.15) is 0 Å². The molecule has 0 aliphatic carbocycles. The zero-order chi connectivity index (χ0) is 12.4. The molecular formula is C13H15NO3. The van der Waals surface area contributed by atoms with Gasteiger partial charge >= 0.3 is 5.97 Å². The predicted molar refractivity (Wildman–Crippen MR) is 63.8 cm³/mol. The van der Waals surface area contributed by atoms with E-state index < -0.39 is 5.92 Å². The summed E-state index contributed by atoms with van der Waals surface area (Å²) in [5.74, 6) is -0.835. The second kappa shape index (κ2) is 4.57. The minimum absolute atomic E-state index is 0.0539. The number of carbonyl (C=O) groups excluding carboxylic acids is 2. The summed E-state index contributed by atoms with van der Waals surface area (Å²) in [5, 5.41) is 0. The highest BCUT2D eigenvalue weighted by molar-refractivity contribution is 6.01. The van der Waals surface area contributed by atoms with E-state index >= 15 is 0 Å². The molecule has 4 heteroatoms. The third kappa shape index (κ3) is 2.02. The van der Waals surface area contributed by atoms with Gasteiger partial charge in [-0.15, -0.1) is 0 Å². The molecule has 2 rings (SSSR count). The molecule has 1 aliphatic heterocycles. The summed E-state index contributed by atoms with van der Waals surface area (Å²) in [6.45, 7) is 2.10. The number of benzene rings is 1. The second-order valence-electron chi connectivity index (χ2n) is 4.02. The van der Waals surface area contributed by atoms with Crippen LogP contribution in [-0.4, -0.2) is 25.5 Å². The predicted octanol–water partition coefficient (Wildman–Crippen LogP) is 1.70. The molecule has 1 heterocycles. The SMILES string of the molecule is CCOC(=O)[C@@H]1CC(=O)N(C)c2ccccc21. The van der Waals surface area contributed by atoms with Crippen LogP contribution in [0.2, 0.25) is 0 Å². The molecule has 1 aromatic carbocycles. The topological polar surface area (TPSA) is 46.6 Å². The maximum atomic E-state index is 11.8. The molecule has 0 saturated heterocycles. The largest absolute Gasteiger partial charge is 0.466 e. The summed E-state index contributed by atoms with van der Waals surface area (Å²) in [6, 6.07) is 7.45. The summed E-state index contributed by atoms with van der Waals surface area (Å²) >= 11 is 0. The van der Waals surface area contributed by atoms with Crippen molar-refractivity contribution in [3.05, 3.63) is 29.8 Å². The zero-order valence-corrected chi connectivity index (χ0v) is 9.97. The second-order valence-corrected chi connectivity index (χ2v) is 4.02. The van der Waals surface area contributed by atoms with Crippen molar-refractivity contribution in [2.24, 2.45) is 0 Å². The van der Waals surface area contributed by atoms with Crippen LogP contribution < -0.4 is 4.90 Å². The van der Waals surface area contributed by atoms with E-state index in [1.165, 1.54) is 0 Å². The Morgan fingerprint density at radius 2 is 2.18 bits per heavy atom. The zero-order valence-electron chi connectivity index (χ0n) is 9.97. The lowest BCUT2D eigenvalue weighted by Gasteiger charge is -2.30. The Morgan fingerprint density at radius 3 is 2.88 bits per heavy atom. The molecular weight excluding hydrogens is 218 g/mol. The highest BCUT2D eigenvalue weighted by Gasteiger charge is 2.34. The number of fused-ring (bicyclic) bond motifs is 1. The number of hydrogen-bond donors (Lipinski definition) is 0. The summed E-state index contributed by atoms with van der Waals surface area (Å²) in [7, 11) is 1.72. The molecule has 0 spiro atoms. The normalized spacial score (nSPS) is 18.8. The molecule has 0 bridgehead atoms. The Labute approximate surface area is 100 Å². The lowest BCUT2D eigenvalue weighted by Crippen LogP contribution is -2.36. The lowest BCUT2D eigenvalue weighted by atomic mass is 9.90. The summed E-state index contributed by atoms with van der Waals surface area (Å²) in [6.07, 6.45) is 0.187. The average Bonchev–Trinajstić information content (AvgIpc) is 2.34. The molecule has 17 heavy (non-hydrogen) atoms. The first kappa shape index (κ1) is 11.6. The maximum absolute atomic E-state index is 11.8. The fraction of sp³-hybridized carbons (Fsp3) is 0.385. The number of esters is 1. The summed E-state index contributed by atoms with van der Waals surface area (Å²) in [4.78, 5) is 25.2. The van der Waals surface area contributed by atoms with Gasteiger partial charge in [-0.3, -0.25) is 9.59 Å². The molecule has 1 aliphatic rings. The van der Waals surface area contributed by atoms with Gasteiger partial charge in [0.2, 0.25) is 5.91 Å². The van der Waals surface area contributed by atoms with Gasteiger partial charge in [-0.2, -0.15) is 0 Å². The van der Waals surface area contributed by atoms with Crippen molar-refractivity contribution in [1.82, 2.24) is 0 Å². The average molecular weight is 233 g/mol. The van der Waals surface area contributed by atoms with Crippen LogP contribution in [-0.2, 0) is 14.3 Å². The Bertz CT molecular complexity index is 456. The molecule has 4 nitrogen and oxygen atoms in total. The van der Waals surface area contributed by atoms with Crippen molar-refractivity contribution in [3.8, 4) is 0 Å². The van der Waals surface area contributed by atoms with Crippen molar-refractivity contribution in [2.75, 3.05) is 18.6 Å². The van der Waals surface area contributed by atoms with Gasteiger partial charge in [0, 0.05) is 19.2 Å². The summed E-state index contributed by atoms with van der Waals surface area (Å²) < 4.78 is 5.01. The van der Waals surface area contributed by atoms with Gasteiger partial charge in [0.15, 0.2) is 0 Å². The first-order valence-corrected chi connectivity index (χ1v) is 5.67. The molecule has 0 saturated carbocycles. The Morgan fingerprint density at radius 1 is 1.47 bits per heavy atom. The number of hydrogen-bond acceptors (Lipinski definition) is 3. The Kier molecular flexibility index (Phi) is 3.13. The highest BCUT2D eigenvalue weighted by Crippen LogP contribution is 2.35. The van der Waals surface area contributed by atoms with Crippen molar-refractivity contribution in [3.63, 3.8) is 0 Å². The number of anilines is 1. The first-order chi connectivity index (χ1) is 8.15. The van der Waals surface area contributed by atoms with Crippen LogP contribution in [0.4, 0.5) is 5.69 Å². The molecule has 1 atom stereocenters. The van der Waals surface area contributed by atoms with Crippen LogP contribution in [0.25, 0.3) is 0 Å². The standard InChI is InChI=1S/C13H15NO3/c1-3-17-13(16)10-8-12(15)14(2)11-7-5-4-6-9(10)11/h4-7,10H,3,8H2,1-2H3/t10-/m1/s1. The molecule has 1 amide bonds. The fourth-order valence-electron chi connectivity index (χ4n) is 2.10. The van der Waals surface area contributed by atoms with Crippen molar-refractivity contribution < 1.29 is 14.3 Å². The van der Waals surface area contributed by atoms with E-state index in [1.54, 1.807) is 18.9 Å². The minimum Gasteiger partial charge on any atom is -0.466 e. The number of amides is 1. The van der Waals surface area contributed by atoms with Crippen molar-refractivity contribution in [1.29, 1.82) is 0 Å². The van der Waals surface area contributed by atoms with E-state index in [-0.39, 0.29) is 18.3 Å². The van der Waals surface area contributed by atoms with Crippen molar-refractivity contribution >= 4 is 17.6 Å². The molecule has 90 valence electrons. The number of para-hydroxylation sites is 1. The molecule has 0 aromatic heterocycles. The van der Waals surface area contributed by atoms with Crippen LogP contribution in [0.5, 0.6) is 0 Å². The van der Waals surface area contributed by atoms with E-state index in [0.29, 0.717) is 6.61 Å². The molecule has 0 unspecified atom stereocenters. The van der Waals surface area contributed by atoms with E-state index in [4.69, 9.17) is 4.74 Å². The van der Waals surface area contributed by atoms with E-state index in [2.05, 4.69) is 0 Å². The van der Waals surface area contributed by atoms with Crippen molar-refractivity contribution in [2.45, 2.75) is 19.3 Å². The maximum Gasteiger partial charge on any atom is 0.314 e. The minimum atomic E-state index is -0.463. The van der Waals surface area contributed by atoms with Crippen LogP contribution >= 0.6 is 0 Å². The van der Waals surface area contributed by atoms with Crippen LogP contribution in [0, 0.1) is 0 Å². The van der Waals surface area contributed by atoms with Crippen LogP contribution in [0.3, 0.4) is 0 Å². The number of nitrogens with zero attached hydrogens (tertiary/aromatic N) is 1. The Balaban J connectivity index is 2.40. The van der Waals surface area contributed by atoms with Gasteiger partial charge < -0.3 is 9.64 Å². The van der Waals surface area contributed by atoms with Crippen LogP contribution in [0.15, 0.2) is 24.3 Å². The van der Waals surface area contributed by atoms with Gasteiger partial charge in [-0.25, -0.2) is 0 Å². The van der Waals surface area contributed by atoms with Gasteiger partial charge in [-0.1, -0.05) is 18.2 Å². The van der Waals surface area contributed by atoms with Gasteiger partial charge in [-0.05, 0) is 18.6 Å². The van der Waals surface area contributed by atoms with Gasteiger partial charge in [0.05, 0.1) is 12.5 Å². The number of carbonyl (C=O) groups is 2. The van der Waals surface area contributed by atoms with Crippen LogP contribution in [0.1, 0.15) is 24.8 Å². The third-order valence-electron chi connectivity index (χ3n) is 3.00. The first-order valence-electron chi connectivity index (χ1n) is 5.67. The Hall–Kier alpha value is -1.84. The monoisotopic (exact) mass is 233 g/mol.